The maximum Gasteiger partial charge on any atom is 0.156 e. The maximum absolute atomic E-state index is 11.0. The molecule has 0 aromatic carbocycles. The molecule has 1 fully saturated rings. The number of nitrogens with two attached hydrogens (primary N) is 1. The monoisotopic (exact) mass is 263 g/mol. The Bertz CT molecular complexity index is 367. The molecule has 3 N–H and O–H groups in total. The molecule has 0 aromatic heterocycles. The van der Waals surface area contributed by atoms with E-state index >= 15 is 0 Å². The second-order valence-corrected chi connectivity index (χ2v) is 6.82. The van der Waals surface area contributed by atoms with E-state index in [0.29, 0.717) is 13.0 Å². The second kappa shape index (κ2) is 6.20. The Morgan fingerprint density at radius 2 is 2.24 bits per heavy atom. The van der Waals surface area contributed by atoms with Crippen LogP contribution in [0.25, 0.3) is 0 Å². The van der Waals surface area contributed by atoms with Crippen molar-refractivity contribution in [3.63, 3.8) is 0 Å². The van der Waals surface area contributed by atoms with E-state index in [4.69, 9.17) is 10.9 Å². The summed E-state index contributed by atoms with van der Waals surface area (Å²) in [5.74, 6) is 0.413. The van der Waals surface area contributed by atoms with E-state index < -0.39 is 9.84 Å². The highest BCUT2D eigenvalue weighted by Crippen LogP contribution is 2.17. The average Bonchev–Trinajstić information content (AvgIpc) is 2.27. The fraction of sp³-hybridized carbons (Fsp3) is 0.900. The van der Waals surface area contributed by atoms with Crippen LogP contribution in [0.1, 0.15) is 25.7 Å². The van der Waals surface area contributed by atoms with Crippen molar-refractivity contribution in [2.24, 2.45) is 10.9 Å². The van der Waals surface area contributed by atoms with Crippen molar-refractivity contribution in [3.05, 3.63) is 0 Å². The number of nitrogens with zero attached hydrogens (tertiary/aromatic N) is 2. The van der Waals surface area contributed by atoms with Gasteiger partial charge in [0.2, 0.25) is 0 Å². The lowest BCUT2D eigenvalue weighted by Crippen LogP contribution is -2.48. The van der Waals surface area contributed by atoms with Crippen molar-refractivity contribution in [2.45, 2.75) is 31.7 Å². The molecule has 0 radical (unpaired) electrons. The lowest BCUT2D eigenvalue weighted by molar-refractivity contribution is 0.187. The molecule has 1 saturated heterocycles. The predicted octanol–water partition coefficient (Wildman–Crippen LogP) is 0.0220. The molecule has 1 unspecified atom stereocenters. The van der Waals surface area contributed by atoms with E-state index in [-0.39, 0.29) is 17.6 Å². The maximum atomic E-state index is 11.0. The molecule has 0 amide bonds. The number of piperidine rings is 1. The van der Waals surface area contributed by atoms with E-state index in [0.717, 1.165) is 25.8 Å². The Balaban J connectivity index is 2.49. The van der Waals surface area contributed by atoms with Crippen LogP contribution in [0.4, 0.5) is 0 Å². The normalized spacial score (nSPS) is 23.8. The Labute approximate surface area is 102 Å². The van der Waals surface area contributed by atoms with E-state index in [1.165, 1.54) is 6.26 Å². The van der Waals surface area contributed by atoms with Crippen LogP contribution in [0, 0.1) is 0 Å². The largest absolute Gasteiger partial charge is 0.409 e. The zero-order valence-electron chi connectivity index (χ0n) is 10.2. The molecule has 0 saturated carbocycles. The Morgan fingerprint density at radius 1 is 1.53 bits per heavy atom. The molecule has 1 aliphatic heterocycles. The van der Waals surface area contributed by atoms with Gasteiger partial charge in [0, 0.05) is 6.26 Å². The van der Waals surface area contributed by atoms with Gasteiger partial charge in [-0.1, -0.05) is 11.6 Å². The average molecular weight is 263 g/mol. The summed E-state index contributed by atoms with van der Waals surface area (Å²) in [5, 5.41) is 11.8. The molecule has 0 bridgehead atoms. The van der Waals surface area contributed by atoms with Crippen LogP contribution in [-0.2, 0) is 9.84 Å². The summed E-state index contributed by atoms with van der Waals surface area (Å²) in [6, 6.07) is -0.0479. The van der Waals surface area contributed by atoms with Gasteiger partial charge in [-0.05, 0) is 32.4 Å². The van der Waals surface area contributed by atoms with Gasteiger partial charge in [0.15, 0.2) is 5.84 Å². The zero-order chi connectivity index (χ0) is 12.9. The first-order valence-electron chi connectivity index (χ1n) is 5.83. The summed E-state index contributed by atoms with van der Waals surface area (Å²) in [4.78, 5) is 2.10. The first-order valence-corrected chi connectivity index (χ1v) is 7.89. The summed E-state index contributed by atoms with van der Waals surface area (Å²) >= 11 is 0. The molecular formula is C10H21N3O3S. The fourth-order valence-corrected chi connectivity index (χ4v) is 2.84. The molecule has 1 rings (SSSR count). The molecular weight excluding hydrogens is 242 g/mol. The molecule has 0 aromatic rings. The van der Waals surface area contributed by atoms with Crippen LogP contribution in [0.15, 0.2) is 5.16 Å². The van der Waals surface area contributed by atoms with E-state index in [1.54, 1.807) is 0 Å². The number of oxime groups is 1. The summed E-state index contributed by atoms with van der Waals surface area (Å²) in [6.45, 7) is 1.55. The van der Waals surface area contributed by atoms with E-state index in [9.17, 15) is 8.42 Å². The summed E-state index contributed by atoms with van der Waals surface area (Å²) in [7, 11) is -2.91. The quantitative estimate of drug-likeness (QED) is 0.315. The van der Waals surface area contributed by atoms with Crippen LogP contribution in [0.3, 0.4) is 0 Å². The lowest BCUT2D eigenvalue weighted by atomic mass is 10.0. The second-order valence-electron chi connectivity index (χ2n) is 4.56. The number of sulfone groups is 1. The van der Waals surface area contributed by atoms with Gasteiger partial charge in [-0.3, -0.25) is 4.90 Å². The van der Waals surface area contributed by atoms with Crippen molar-refractivity contribution >= 4 is 15.7 Å². The summed E-state index contributed by atoms with van der Waals surface area (Å²) in [6.07, 6.45) is 4.84. The lowest BCUT2D eigenvalue weighted by Gasteiger charge is -2.34. The third-order valence-corrected chi connectivity index (χ3v) is 4.06. The summed E-state index contributed by atoms with van der Waals surface area (Å²) in [5.41, 5.74) is 5.64. The van der Waals surface area contributed by atoms with E-state index in [2.05, 4.69) is 10.1 Å². The van der Waals surface area contributed by atoms with Gasteiger partial charge in [0.05, 0.1) is 11.8 Å². The van der Waals surface area contributed by atoms with Gasteiger partial charge in [-0.2, -0.15) is 0 Å². The van der Waals surface area contributed by atoms with Crippen LogP contribution >= 0.6 is 0 Å². The fourth-order valence-electron chi connectivity index (χ4n) is 2.19. The SMILES string of the molecule is CS(=O)(=O)CCCN1CCCCC1C(N)=NO. The standard InChI is InChI=1S/C10H21N3O3S/c1-17(15,16)8-4-7-13-6-3-2-5-9(13)10(11)12-14/h9,14H,2-8H2,1H3,(H2,11,12). The third kappa shape index (κ3) is 4.91. The summed E-state index contributed by atoms with van der Waals surface area (Å²) < 4.78 is 22.1. The van der Waals surface area contributed by atoms with Crippen LogP contribution in [0.5, 0.6) is 0 Å². The number of rotatable bonds is 5. The first kappa shape index (κ1) is 14.2. The molecule has 1 atom stereocenters. The highest BCUT2D eigenvalue weighted by molar-refractivity contribution is 7.90. The van der Waals surface area contributed by atoms with Gasteiger partial charge in [0.1, 0.15) is 9.84 Å². The Hall–Kier alpha value is -0.820. The number of amidine groups is 1. The number of likely N-dealkylation sites (tertiary alicyclic amines) is 1. The van der Waals surface area contributed by atoms with Gasteiger partial charge in [0.25, 0.3) is 0 Å². The van der Waals surface area contributed by atoms with Crippen LogP contribution in [0.2, 0.25) is 0 Å². The van der Waals surface area contributed by atoms with Crippen molar-refractivity contribution in [2.75, 3.05) is 25.1 Å². The van der Waals surface area contributed by atoms with Gasteiger partial charge in [-0.15, -0.1) is 0 Å². The smallest absolute Gasteiger partial charge is 0.156 e. The molecule has 6 nitrogen and oxygen atoms in total. The van der Waals surface area contributed by atoms with Crippen molar-refractivity contribution in [1.82, 2.24) is 4.90 Å². The topological polar surface area (TPSA) is 96.0 Å². The minimum absolute atomic E-state index is 0.0479. The molecule has 0 spiro atoms. The Morgan fingerprint density at radius 3 is 2.82 bits per heavy atom. The minimum Gasteiger partial charge on any atom is -0.409 e. The molecule has 100 valence electrons. The van der Waals surface area contributed by atoms with Crippen molar-refractivity contribution in [1.29, 1.82) is 0 Å². The van der Waals surface area contributed by atoms with Gasteiger partial charge < -0.3 is 10.9 Å². The van der Waals surface area contributed by atoms with Crippen LogP contribution in [-0.4, -0.2) is 55.5 Å². The zero-order valence-corrected chi connectivity index (χ0v) is 11.0. The Kier molecular flexibility index (Phi) is 5.20. The van der Waals surface area contributed by atoms with Gasteiger partial charge in [-0.25, -0.2) is 8.42 Å². The third-order valence-electron chi connectivity index (χ3n) is 3.03. The predicted molar refractivity (Wildman–Crippen MR) is 66.9 cm³/mol. The van der Waals surface area contributed by atoms with E-state index in [1.807, 2.05) is 0 Å². The molecule has 17 heavy (non-hydrogen) atoms. The van der Waals surface area contributed by atoms with Crippen molar-refractivity contribution < 1.29 is 13.6 Å². The number of hydrogen-bond acceptors (Lipinski definition) is 5. The number of hydrogen-bond donors (Lipinski definition) is 2. The van der Waals surface area contributed by atoms with Crippen molar-refractivity contribution in [3.8, 4) is 0 Å². The minimum atomic E-state index is -2.91. The molecule has 1 heterocycles. The van der Waals surface area contributed by atoms with Crippen LogP contribution < -0.4 is 5.73 Å². The molecule has 1 aliphatic rings. The highest BCUT2D eigenvalue weighted by atomic mass is 32.2. The molecule has 0 aliphatic carbocycles. The van der Waals surface area contributed by atoms with Gasteiger partial charge >= 0.3 is 0 Å². The molecule has 7 heteroatoms. The first-order chi connectivity index (χ1) is 7.94. The highest BCUT2D eigenvalue weighted by Gasteiger charge is 2.25.